The molecule has 5 heteroatoms. The number of hydrogen-bond donors (Lipinski definition) is 0. The van der Waals surface area contributed by atoms with Crippen LogP contribution in [0.4, 0.5) is 0 Å². The number of piperazine rings is 1. The molecule has 0 radical (unpaired) electrons. The number of benzene rings is 1. The minimum atomic E-state index is 0.783. The van der Waals surface area contributed by atoms with Crippen LogP contribution < -0.4 is 9.47 Å². The molecule has 0 bridgehead atoms. The maximum absolute atomic E-state index is 5.36. The largest absolute Gasteiger partial charge is 0.493 e. The molecule has 1 aromatic rings. The summed E-state index contributed by atoms with van der Waals surface area (Å²) in [5.74, 6) is 1.58. The molecular formula is C16H26N2O3. The quantitative estimate of drug-likeness (QED) is 0.761. The monoisotopic (exact) mass is 294 g/mol. The summed E-state index contributed by atoms with van der Waals surface area (Å²) in [6, 6.07) is 6.15. The molecular weight excluding hydrogens is 268 g/mol. The van der Waals surface area contributed by atoms with E-state index in [-0.39, 0.29) is 0 Å². The fourth-order valence-electron chi connectivity index (χ4n) is 2.63. The van der Waals surface area contributed by atoms with Crippen LogP contribution in [-0.2, 0) is 11.3 Å². The molecule has 0 spiro atoms. The summed E-state index contributed by atoms with van der Waals surface area (Å²) in [5, 5.41) is 0. The highest BCUT2D eigenvalue weighted by atomic mass is 16.5. The van der Waals surface area contributed by atoms with E-state index in [4.69, 9.17) is 14.2 Å². The third-order valence-electron chi connectivity index (χ3n) is 3.93. The average Bonchev–Trinajstić information content (AvgIpc) is 2.54. The van der Waals surface area contributed by atoms with E-state index in [0.717, 1.165) is 57.4 Å². The van der Waals surface area contributed by atoms with Crippen LogP contribution in [-0.4, -0.2) is 70.5 Å². The van der Waals surface area contributed by atoms with Gasteiger partial charge in [-0.05, 0) is 17.7 Å². The first-order chi connectivity index (χ1) is 10.3. The number of hydrogen-bond acceptors (Lipinski definition) is 5. The molecule has 1 heterocycles. The van der Waals surface area contributed by atoms with Crippen molar-refractivity contribution in [3.05, 3.63) is 23.8 Å². The lowest BCUT2D eigenvalue weighted by molar-refractivity contribution is 0.0938. The Hall–Kier alpha value is -1.30. The highest BCUT2D eigenvalue weighted by Crippen LogP contribution is 2.28. The summed E-state index contributed by atoms with van der Waals surface area (Å²) in [4.78, 5) is 4.93. The van der Waals surface area contributed by atoms with Gasteiger partial charge >= 0.3 is 0 Å². The van der Waals surface area contributed by atoms with E-state index in [1.165, 1.54) is 5.56 Å². The molecule has 0 aromatic heterocycles. The van der Waals surface area contributed by atoms with Gasteiger partial charge in [0.25, 0.3) is 0 Å². The van der Waals surface area contributed by atoms with Gasteiger partial charge in [0.2, 0.25) is 0 Å². The van der Waals surface area contributed by atoms with Gasteiger partial charge in [-0.25, -0.2) is 0 Å². The molecule has 5 nitrogen and oxygen atoms in total. The van der Waals surface area contributed by atoms with E-state index >= 15 is 0 Å². The van der Waals surface area contributed by atoms with Gasteiger partial charge in [-0.2, -0.15) is 0 Å². The van der Waals surface area contributed by atoms with Crippen molar-refractivity contribution in [3.63, 3.8) is 0 Å². The molecule has 0 unspecified atom stereocenters. The van der Waals surface area contributed by atoms with Crippen molar-refractivity contribution < 1.29 is 14.2 Å². The van der Waals surface area contributed by atoms with Crippen LogP contribution in [0.15, 0.2) is 18.2 Å². The van der Waals surface area contributed by atoms with Crippen molar-refractivity contribution >= 4 is 0 Å². The van der Waals surface area contributed by atoms with Crippen LogP contribution in [0.5, 0.6) is 11.5 Å². The summed E-state index contributed by atoms with van der Waals surface area (Å²) in [6.07, 6.45) is 0. The van der Waals surface area contributed by atoms with E-state index in [1.807, 2.05) is 6.07 Å². The van der Waals surface area contributed by atoms with Gasteiger partial charge in [0.1, 0.15) is 0 Å². The number of nitrogens with zero attached hydrogens (tertiary/aromatic N) is 2. The summed E-state index contributed by atoms with van der Waals surface area (Å²) in [5.41, 5.74) is 1.26. The molecule has 0 saturated carbocycles. The predicted octanol–water partition coefficient (Wildman–Crippen LogP) is 1.47. The first kappa shape index (κ1) is 16.1. The lowest BCUT2D eigenvalue weighted by Crippen LogP contribution is -2.46. The van der Waals surface area contributed by atoms with Gasteiger partial charge in [-0.15, -0.1) is 0 Å². The summed E-state index contributed by atoms with van der Waals surface area (Å²) in [7, 11) is 5.10. The average molecular weight is 294 g/mol. The molecule has 2 rings (SSSR count). The smallest absolute Gasteiger partial charge is 0.161 e. The number of ether oxygens (including phenoxy) is 3. The molecule has 0 N–H and O–H groups in total. The highest BCUT2D eigenvalue weighted by Gasteiger charge is 2.17. The predicted molar refractivity (Wildman–Crippen MR) is 83.1 cm³/mol. The second-order valence-corrected chi connectivity index (χ2v) is 5.30. The number of rotatable bonds is 7. The maximum atomic E-state index is 5.36. The maximum Gasteiger partial charge on any atom is 0.161 e. The molecule has 1 saturated heterocycles. The molecule has 1 fully saturated rings. The van der Waals surface area contributed by atoms with E-state index in [0.29, 0.717) is 0 Å². The van der Waals surface area contributed by atoms with Crippen molar-refractivity contribution in [3.8, 4) is 11.5 Å². The Kier molecular flexibility index (Phi) is 6.29. The molecule has 1 aromatic carbocycles. The Bertz CT molecular complexity index is 432. The topological polar surface area (TPSA) is 34.2 Å². The first-order valence-electron chi connectivity index (χ1n) is 7.41. The second-order valence-electron chi connectivity index (χ2n) is 5.30. The van der Waals surface area contributed by atoms with E-state index in [9.17, 15) is 0 Å². The SMILES string of the molecule is COCCN1CCN(Cc2ccc(OC)c(OC)c2)CC1. The van der Waals surface area contributed by atoms with E-state index in [1.54, 1.807) is 21.3 Å². The summed E-state index contributed by atoms with van der Waals surface area (Å²) < 4.78 is 15.8. The third-order valence-corrected chi connectivity index (χ3v) is 3.93. The van der Waals surface area contributed by atoms with Gasteiger partial charge in [-0.1, -0.05) is 6.07 Å². The van der Waals surface area contributed by atoms with Crippen molar-refractivity contribution in [2.24, 2.45) is 0 Å². The van der Waals surface area contributed by atoms with Gasteiger partial charge in [0.15, 0.2) is 11.5 Å². The van der Waals surface area contributed by atoms with Gasteiger partial charge < -0.3 is 14.2 Å². The highest BCUT2D eigenvalue weighted by molar-refractivity contribution is 5.42. The fourth-order valence-corrected chi connectivity index (χ4v) is 2.63. The molecule has 21 heavy (non-hydrogen) atoms. The van der Waals surface area contributed by atoms with Crippen LogP contribution in [0.2, 0.25) is 0 Å². The zero-order chi connectivity index (χ0) is 15.1. The lowest BCUT2D eigenvalue weighted by atomic mass is 10.1. The normalized spacial score (nSPS) is 16.9. The number of methoxy groups -OCH3 is 3. The Morgan fingerprint density at radius 1 is 0.905 bits per heavy atom. The van der Waals surface area contributed by atoms with Crippen LogP contribution in [0.25, 0.3) is 0 Å². The minimum Gasteiger partial charge on any atom is -0.493 e. The van der Waals surface area contributed by atoms with Crippen LogP contribution in [0, 0.1) is 0 Å². The van der Waals surface area contributed by atoms with E-state index < -0.39 is 0 Å². The zero-order valence-corrected chi connectivity index (χ0v) is 13.3. The van der Waals surface area contributed by atoms with Crippen LogP contribution in [0.1, 0.15) is 5.56 Å². The van der Waals surface area contributed by atoms with Gasteiger partial charge in [-0.3, -0.25) is 9.80 Å². The van der Waals surface area contributed by atoms with Crippen molar-refractivity contribution in [1.29, 1.82) is 0 Å². The Labute approximate surface area is 127 Å². The second kappa shape index (κ2) is 8.22. The standard InChI is InChI=1S/C16H26N2O3/c1-19-11-10-17-6-8-18(9-7-17)13-14-4-5-15(20-2)16(12-14)21-3/h4-5,12H,6-11,13H2,1-3H3. The molecule has 0 amide bonds. The Balaban J connectivity index is 1.86. The van der Waals surface area contributed by atoms with Gasteiger partial charge in [0, 0.05) is 46.4 Å². The lowest BCUT2D eigenvalue weighted by Gasteiger charge is -2.34. The third kappa shape index (κ3) is 4.59. The fraction of sp³-hybridized carbons (Fsp3) is 0.625. The van der Waals surface area contributed by atoms with Crippen molar-refractivity contribution in [2.45, 2.75) is 6.54 Å². The van der Waals surface area contributed by atoms with Crippen molar-refractivity contribution in [1.82, 2.24) is 9.80 Å². The molecule has 1 aliphatic rings. The van der Waals surface area contributed by atoms with Gasteiger partial charge in [0.05, 0.1) is 20.8 Å². The van der Waals surface area contributed by atoms with Crippen LogP contribution >= 0.6 is 0 Å². The minimum absolute atomic E-state index is 0.783. The molecule has 118 valence electrons. The van der Waals surface area contributed by atoms with Crippen LogP contribution in [0.3, 0.4) is 0 Å². The summed E-state index contributed by atoms with van der Waals surface area (Å²) in [6.45, 7) is 7.21. The zero-order valence-electron chi connectivity index (χ0n) is 13.3. The summed E-state index contributed by atoms with van der Waals surface area (Å²) >= 11 is 0. The van der Waals surface area contributed by atoms with E-state index in [2.05, 4.69) is 21.9 Å². The van der Waals surface area contributed by atoms with Crippen molar-refractivity contribution in [2.75, 3.05) is 60.7 Å². The molecule has 1 aliphatic heterocycles. The molecule has 0 atom stereocenters. The Morgan fingerprint density at radius 3 is 2.19 bits per heavy atom. The first-order valence-corrected chi connectivity index (χ1v) is 7.41. The Morgan fingerprint density at radius 2 is 1.57 bits per heavy atom. The molecule has 0 aliphatic carbocycles.